The van der Waals surface area contributed by atoms with E-state index < -0.39 is 24.5 Å². The molecule has 9 heteroatoms. The number of esters is 1. The Kier molecular flexibility index (Phi) is 9.54. The molecule has 0 saturated heterocycles. The van der Waals surface area contributed by atoms with Gasteiger partial charge in [0.05, 0.1) is 6.10 Å². The Morgan fingerprint density at radius 3 is 2.21 bits per heavy atom. The zero-order chi connectivity index (χ0) is 24.4. The van der Waals surface area contributed by atoms with Crippen LogP contribution < -0.4 is 10.1 Å². The van der Waals surface area contributed by atoms with Crippen molar-refractivity contribution >= 4 is 29.6 Å². The molecular weight excluding hydrogens is 450 g/mol. The van der Waals surface area contributed by atoms with Crippen molar-refractivity contribution in [3.63, 3.8) is 0 Å². The number of amides is 1. The fourth-order valence-electron chi connectivity index (χ4n) is 2.62. The molecule has 1 N–H and O–H groups in total. The van der Waals surface area contributed by atoms with E-state index in [1.165, 1.54) is 0 Å². The summed E-state index contributed by atoms with van der Waals surface area (Å²) in [6, 6.07) is 13.8. The van der Waals surface area contributed by atoms with Crippen LogP contribution in [0.1, 0.15) is 43.6 Å². The molecule has 2 aromatic carbocycles. The van der Waals surface area contributed by atoms with Gasteiger partial charge in [0.15, 0.2) is 5.60 Å². The van der Waals surface area contributed by atoms with E-state index >= 15 is 0 Å². The van der Waals surface area contributed by atoms with Crippen molar-refractivity contribution in [1.82, 2.24) is 5.32 Å². The lowest BCUT2D eigenvalue weighted by atomic mass is 10.1. The molecule has 0 saturated carbocycles. The fraction of sp³-hybridized carbons (Fsp3) is 0.375. The summed E-state index contributed by atoms with van der Waals surface area (Å²) in [5.41, 5.74) is 0.218. The summed E-state index contributed by atoms with van der Waals surface area (Å²) in [7, 11) is 0. The second-order valence-corrected chi connectivity index (χ2v) is 8.32. The SMILES string of the molecule is CC(C)OC(=O)OCOC(=O)C(C)(C)Oc1ccc(CCNC(=O)c2ccc(Cl)cc2)cc1. The van der Waals surface area contributed by atoms with E-state index in [9.17, 15) is 14.4 Å². The minimum absolute atomic E-state index is 0.173. The van der Waals surface area contributed by atoms with E-state index in [1.54, 1.807) is 64.1 Å². The highest BCUT2D eigenvalue weighted by Gasteiger charge is 2.32. The molecule has 0 bridgehead atoms. The topological polar surface area (TPSA) is 100 Å². The van der Waals surface area contributed by atoms with Crippen LogP contribution >= 0.6 is 11.6 Å². The zero-order valence-electron chi connectivity index (χ0n) is 19.1. The molecule has 0 unspecified atom stereocenters. The van der Waals surface area contributed by atoms with Crippen molar-refractivity contribution in [2.24, 2.45) is 0 Å². The number of nitrogens with one attached hydrogen (secondary N) is 1. The largest absolute Gasteiger partial charge is 0.511 e. The predicted molar refractivity (Wildman–Crippen MR) is 122 cm³/mol. The van der Waals surface area contributed by atoms with Gasteiger partial charge in [-0.25, -0.2) is 9.59 Å². The number of carbonyl (C=O) groups excluding carboxylic acids is 3. The summed E-state index contributed by atoms with van der Waals surface area (Å²) < 4.78 is 20.1. The molecule has 0 fully saturated rings. The number of ether oxygens (including phenoxy) is 4. The van der Waals surface area contributed by atoms with Gasteiger partial charge in [0.25, 0.3) is 5.91 Å². The lowest BCUT2D eigenvalue weighted by molar-refractivity contribution is -0.169. The Labute approximate surface area is 198 Å². The van der Waals surface area contributed by atoms with Gasteiger partial charge in [0, 0.05) is 17.1 Å². The first-order chi connectivity index (χ1) is 15.6. The number of hydrogen-bond acceptors (Lipinski definition) is 7. The third-order valence-corrected chi connectivity index (χ3v) is 4.54. The standard InChI is InChI=1S/C24H28ClNO7/c1-16(2)32-23(29)31-15-30-22(28)24(3,4)33-20-11-5-17(6-12-20)13-14-26-21(27)18-7-9-19(25)10-8-18/h5-12,16H,13-15H2,1-4H3,(H,26,27). The van der Waals surface area contributed by atoms with E-state index in [-0.39, 0.29) is 12.0 Å². The summed E-state index contributed by atoms with van der Waals surface area (Å²) in [6.07, 6.45) is -0.637. The molecular formula is C24H28ClNO7. The fourth-order valence-corrected chi connectivity index (χ4v) is 2.74. The highest BCUT2D eigenvalue weighted by Crippen LogP contribution is 2.20. The van der Waals surface area contributed by atoms with Crippen LogP contribution in [0.5, 0.6) is 5.75 Å². The van der Waals surface area contributed by atoms with Crippen LogP contribution in [0.3, 0.4) is 0 Å². The summed E-state index contributed by atoms with van der Waals surface area (Å²) in [5, 5.41) is 3.43. The molecule has 0 heterocycles. The van der Waals surface area contributed by atoms with Gasteiger partial charge in [-0.3, -0.25) is 4.79 Å². The maximum absolute atomic E-state index is 12.3. The third-order valence-electron chi connectivity index (χ3n) is 4.29. The van der Waals surface area contributed by atoms with Crippen LogP contribution in [0, 0.1) is 0 Å². The van der Waals surface area contributed by atoms with Crippen molar-refractivity contribution in [1.29, 1.82) is 0 Å². The molecule has 33 heavy (non-hydrogen) atoms. The normalized spacial score (nSPS) is 11.0. The Balaban J connectivity index is 1.77. The van der Waals surface area contributed by atoms with E-state index in [0.29, 0.717) is 29.3 Å². The molecule has 178 valence electrons. The van der Waals surface area contributed by atoms with Crippen LogP contribution in [0.15, 0.2) is 48.5 Å². The monoisotopic (exact) mass is 477 g/mol. The van der Waals surface area contributed by atoms with Gasteiger partial charge in [-0.05, 0) is 76.1 Å². The molecule has 0 atom stereocenters. The van der Waals surface area contributed by atoms with Gasteiger partial charge < -0.3 is 24.3 Å². The number of carbonyl (C=O) groups is 3. The van der Waals surface area contributed by atoms with Crippen LogP contribution in [0.2, 0.25) is 5.02 Å². The first-order valence-electron chi connectivity index (χ1n) is 10.4. The molecule has 0 radical (unpaired) electrons. The highest BCUT2D eigenvalue weighted by atomic mass is 35.5. The van der Waals surface area contributed by atoms with Gasteiger partial charge >= 0.3 is 12.1 Å². The average molecular weight is 478 g/mol. The molecule has 0 aromatic heterocycles. The summed E-state index contributed by atoms with van der Waals surface area (Å²) >= 11 is 5.83. The van der Waals surface area contributed by atoms with Crippen molar-refractivity contribution in [2.75, 3.05) is 13.3 Å². The van der Waals surface area contributed by atoms with Crippen LogP contribution in [0.25, 0.3) is 0 Å². The number of halogens is 1. The van der Waals surface area contributed by atoms with Crippen LogP contribution in [-0.4, -0.2) is 43.1 Å². The Bertz CT molecular complexity index is 940. The first kappa shape index (κ1) is 26.0. The Morgan fingerprint density at radius 2 is 1.61 bits per heavy atom. The van der Waals surface area contributed by atoms with Crippen molar-refractivity contribution in [3.05, 3.63) is 64.7 Å². The molecule has 2 aromatic rings. The smallest absolute Gasteiger partial charge is 0.476 e. The van der Waals surface area contributed by atoms with E-state index in [0.717, 1.165) is 5.56 Å². The van der Waals surface area contributed by atoms with E-state index in [1.807, 2.05) is 12.1 Å². The average Bonchev–Trinajstić information content (AvgIpc) is 2.74. The number of hydrogen-bond donors (Lipinski definition) is 1. The summed E-state index contributed by atoms with van der Waals surface area (Å²) in [4.78, 5) is 35.7. The third kappa shape index (κ3) is 9.02. The first-order valence-corrected chi connectivity index (χ1v) is 10.8. The van der Waals surface area contributed by atoms with E-state index in [2.05, 4.69) is 10.1 Å². The molecule has 8 nitrogen and oxygen atoms in total. The maximum atomic E-state index is 12.3. The molecule has 0 aliphatic carbocycles. The lowest BCUT2D eigenvalue weighted by Crippen LogP contribution is -2.40. The van der Waals surface area contributed by atoms with Crippen molar-refractivity contribution in [2.45, 2.75) is 45.8 Å². The van der Waals surface area contributed by atoms with Gasteiger partial charge in [0.1, 0.15) is 5.75 Å². The number of benzene rings is 2. The van der Waals surface area contributed by atoms with Gasteiger partial charge in [-0.1, -0.05) is 23.7 Å². The van der Waals surface area contributed by atoms with Gasteiger partial charge in [-0.15, -0.1) is 0 Å². The van der Waals surface area contributed by atoms with Crippen LogP contribution in [0.4, 0.5) is 4.79 Å². The molecule has 1 amide bonds. The van der Waals surface area contributed by atoms with E-state index in [4.69, 9.17) is 25.8 Å². The van der Waals surface area contributed by atoms with Gasteiger partial charge in [-0.2, -0.15) is 0 Å². The number of rotatable bonds is 10. The Morgan fingerprint density at radius 1 is 0.970 bits per heavy atom. The second kappa shape index (κ2) is 12.1. The molecule has 0 aliphatic heterocycles. The molecule has 2 rings (SSSR count). The highest BCUT2D eigenvalue weighted by molar-refractivity contribution is 6.30. The minimum Gasteiger partial charge on any atom is -0.476 e. The predicted octanol–water partition coefficient (Wildman–Crippen LogP) is 4.53. The molecule has 0 spiro atoms. The van der Waals surface area contributed by atoms with Crippen LogP contribution in [-0.2, 0) is 25.4 Å². The zero-order valence-corrected chi connectivity index (χ0v) is 19.8. The quantitative estimate of drug-likeness (QED) is 0.396. The molecule has 0 aliphatic rings. The Hall–Kier alpha value is -3.26. The van der Waals surface area contributed by atoms with Crippen molar-refractivity contribution < 1.29 is 33.3 Å². The minimum atomic E-state index is -1.31. The van der Waals surface area contributed by atoms with Crippen molar-refractivity contribution in [3.8, 4) is 5.75 Å². The summed E-state index contributed by atoms with van der Waals surface area (Å²) in [6.45, 7) is 6.32. The maximum Gasteiger partial charge on any atom is 0.511 e. The van der Waals surface area contributed by atoms with Gasteiger partial charge in [0.2, 0.25) is 6.79 Å². The lowest BCUT2D eigenvalue weighted by Gasteiger charge is -2.24. The summed E-state index contributed by atoms with van der Waals surface area (Å²) in [5.74, 6) is -0.409. The second-order valence-electron chi connectivity index (χ2n) is 7.88.